The first-order valence-electron chi connectivity index (χ1n) is 4.05. The van der Waals surface area contributed by atoms with Gasteiger partial charge in [-0.2, -0.15) is 0 Å². The van der Waals surface area contributed by atoms with Crippen molar-refractivity contribution >= 4 is 0 Å². The van der Waals surface area contributed by atoms with Crippen LogP contribution in [0.1, 0.15) is 16.7 Å². The first-order chi connectivity index (χ1) is 5.65. The average Bonchev–Trinajstić information content (AvgIpc) is 2.01. The SMILES string of the molecule is CNCc1cc(C)c(C)c(F)c1. The molecule has 0 radical (unpaired) electrons. The number of halogens is 1. The van der Waals surface area contributed by atoms with Crippen molar-refractivity contribution in [3.8, 4) is 0 Å². The summed E-state index contributed by atoms with van der Waals surface area (Å²) in [6, 6.07) is 3.59. The maximum absolute atomic E-state index is 13.1. The van der Waals surface area contributed by atoms with Crippen molar-refractivity contribution in [1.82, 2.24) is 5.32 Å². The maximum Gasteiger partial charge on any atom is 0.126 e. The molecule has 0 atom stereocenters. The van der Waals surface area contributed by atoms with Crippen LogP contribution in [0.4, 0.5) is 4.39 Å². The largest absolute Gasteiger partial charge is 0.316 e. The second-order valence-corrected chi connectivity index (χ2v) is 3.05. The van der Waals surface area contributed by atoms with Crippen molar-refractivity contribution < 1.29 is 4.39 Å². The first kappa shape index (κ1) is 9.20. The number of benzene rings is 1. The Hall–Kier alpha value is -0.890. The van der Waals surface area contributed by atoms with Gasteiger partial charge in [-0.25, -0.2) is 4.39 Å². The summed E-state index contributed by atoms with van der Waals surface area (Å²) in [6.45, 7) is 4.45. The van der Waals surface area contributed by atoms with Crippen LogP contribution in [0.15, 0.2) is 12.1 Å². The Kier molecular flexibility index (Phi) is 2.82. The summed E-state index contributed by atoms with van der Waals surface area (Å²) in [5.74, 6) is -0.111. The van der Waals surface area contributed by atoms with E-state index in [-0.39, 0.29) is 5.82 Å². The molecule has 0 aliphatic carbocycles. The van der Waals surface area contributed by atoms with Gasteiger partial charge in [0, 0.05) is 6.54 Å². The Morgan fingerprint density at radius 2 is 2.00 bits per heavy atom. The Bertz CT molecular complexity index is 258. The number of aryl methyl sites for hydroxylation is 1. The van der Waals surface area contributed by atoms with Gasteiger partial charge in [-0.05, 0) is 43.7 Å². The lowest BCUT2D eigenvalue weighted by Crippen LogP contribution is -2.06. The Morgan fingerprint density at radius 1 is 1.33 bits per heavy atom. The zero-order valence-corrected chi connectivity index (χ0v) is 7.74. The fourth-order valence-electron chi connectivity index (χ4n) is 1.19. The fraction of sp³-hybridized carbons (Fsp3) is 0.400. The molecule has 0 saturated carbocycles. The second kappa shape index (κ2) is 3.68. The smallest absolute Gasteiger partial charge is 0.126 e. The molecule has 0 aromatic heterocycles. The third-order valence-corrected chi connectivity index (χ3v) is 2.04. The van der Waals surface area contributed by atoms with Gasteiger partial charge < -0.3 is 5.32 Å². The predicted octanol–water partition coefficient (Wildman–Crippen LogP) is 2.16. The molecule has 0 fully saturated rings. The summed E-state index contributed by atoms with van der Waals surface area (Å²) in [5.41, 5.74) is 2.76. The van der Waals surface area contributed by atoms with E-state index < -0.39 is 0 Å². The van der Waals surface area contributed by atoms with E-state index in [1.54, 1.807) is 13.0 Å². The third-order valence-electron chi connectivity index (χ3n) is 2.04. The topological polar surface area (TPSA) is 12.0 Å². The predicted molar refractivity (Wildman–Crippen MR) is 48.6 cm³/mol. The molecule has 66 valence electrons. The molecule has 0 saturated heterocycles. The van der Waals surface area contributed by atoms with Crippen molar-refractivity contribution in [2.24, 2.45) is 0 Å². The molecular weight excluding hydrogens is 153 g/mol. The molecule has 0 aliphatic rings. The van der Waals surface area contributed by atoms with Crippen LogP contribution >= 0.6 is 0 Å². The van der Waals surface area contributed by atoms with Crippen LogP contribution in [0.2, 0.25) is 0 Å². The number of rotatable bonds is 2. The van der Waals surface area contributed by atoms with Gasteiger partial charge in [0.15, 0.2) is 0 Å². The maximum atomic E-state index is 13.1. The van der Waals surface area contributed by atoms with Crippen molar-refractivity contribution in [3.63, 3.8) is 0 Å². The van der Waals surface area contributed by atoms with Crippen LogP contribution in [0.5, 0.6) is 0 Å². The van der Waals surface area contributed by atoms with Gasteiger partial charge in [-0.15, -0.1) is 0 Å². The summed E-state index contributed by atoms with van der Waals surface area (Å²) in [5, 5.41) is 2.99. The summed E-state index contributed by atoms with van der Waals surface area (Å²) >= 11 is 0. The Balaban J connectivity index is 3.04. The van der Waals surface area contributed by atoms with Gasteiger partial charge in [0.1, 0.15) is 5.82 Å². The van der Waals surface area contributed by atoms with Crippen molar-refractivity contribution in [3.05, 3.63) is 34.6 Å². The molecule has 1 aromatic rings. The van der Waals surface area contributed by atoms with Gasteiger partial charge >= 0.3 is 0 Å². The highest BCUT2D eigenvalue weighted by molar-refractivity contribution is 5.31. The lowest BCUT2D eigenvalue weighted by atomic mass is 10.1. The van der Waals surface area contributed by atoms with Crippen LogP contribution < -0.4 is 5.32 Å². The standard InChI is InChI=1S/C10H14FN/c1-7-4-9(6-12-3)5-10(11)8(7)2/h4-5,12H,6H2,1-3H3. The Labute approximate surface area is 72.6 Å². The van der Waals surface area contributed by atoms with E-state index in [2.05, 4.69) is 5.32 Å². The lowest BCUT2D eigenvalue weighted by Gasteiger charge is -2.05. The summed E-state index contributed by atoms with van der Waals surface area (Å²) in [4.78, 5) is 0. The molecule has 2 heteroatoms. The average molecular weight is 167 g/mol. The van der Waals surface area contributed by atoms with Gasteiger partial charge in [0.05, 0.1) is 0 Å². The van der Waals surface area contributed by atoms with Crippen LogP contribution in [-0.2, 0) is 6.54 Å². The molecule has 1 nitrogen and oxygen atoms in total. The Morgan fingerprint density at radius 3 is 2.50 bits per heavy atom. The highest BCUT2D eigenvalue weighted by Gasteiger charge is 2.02. The normalized spacial score (nSPS) is 10.3. The summed E-state index contributed by atoms with van der Waals surface area (Å²) in [6.07, 6.45) is 0. The van der Waals surface area contributed by atoms with Crippen LogP contribution in [0.25, 0.3) is 0 Å². The monoisotopic (exact) mass is 167 g/mol. The third kappa shape index (κ3) is 1.83. The van der Waals surface area contributed by atoms with E-state index in [0.29, 0.717) is 0 Å². The molecule has 0 amide bonds. The van der Waals surface area contributed by atoms with E-state index in [9.17, 15) is 4.39 Å². The zero-order chi connectivity index (χ0) is 9.14. The van der Waals surface area contributed by atoms with E-state index in [1.165, 1.54) is 0 Å². The van der Waals surface area contributed by atoms with E-state index >= 15 is 0 Å². The van der Waals surface area contributed by atoms with Gasteiger partial charge in [0.2, 0.25) is 0 Å². The van der Waals surface area contributed by atoms with Gasteiger partial charge in [-0.3, -0.25) is 0 Å². The molecule has 0 unspecified atom stereocenters. The van der Waals surface area contributed by atoms with Crippen molar-refractivity contribution in [2.75, 3.05) is 7.05 Å². The number of nitrogens with one attached hydrogen (secondary N) is 1. The molecule has 0 aliphatic heterocycles. The van der Waals surface area contributed by atoms with E-state index in [1.807, 2.05) is 20.0 Å². The second-order valence-electron chi connectivity index (χ2n) is 3.05. The number of hydrogen-bond donors (Lipinski definition) is 1. The summed E-state index contributed by atoms with van der Waals surface area (Å²) in [7, 11) is 1.85. The van der Waals surface area contributed by atoms with Crippen molar-refractivity contribution in [1.29, 1.82) is 0 Å². The highest BCUT2D eigenvalue weighted by Crippen LogP contribution is 2.14. The molecule has 0 heterocycles. The summed E-state index contributed by atoms with van der Waals surface area (Å²) < 4.78 is 13.1. The quantitative estimate of drug-likeness (QED) is 0.711. The lowest BCUT2D eigenvalue weighted by molar-refractivity contribution is 0.613. The minimum Gasteiger partial charge on any atom is -0.316 e. The minimum atomic E-state index is -0.111. The fourth-order valence-corrected chi connectivity index (χ4v) is 1.19. The van der Waals surface area contributed by atoms with Crippen LogP contribution in [-0.4, -0.2) is 7.05 Å². The van der Waals surface area contributed by atoms with Crippen molar-refractivity contribution in [2.45, 2.75) is 20.4 Å². The number of hydrogen-bond acceptors (Lipinski definition) is 1. The molecule has 1 N–H and O–H groups in total. The highest BCUT2D eigenvalue weighted by atomic mass is 19.1. The minimum absolute atomic E-state index is 0.111. The molecule has 1 aromatic carbocycles. The van der Waals surface area contributed by atoms with Crippen LogP contribution in [0.3, 0.4) is 0 Å². The first-order valence-corrected chi connectivity index (χ1v) is 4.05. The molecule has 0 spiro atoms. The van der Waals surface area contributed by atoms with E-state index in [4.69, 9.17) is 0 Å². The zero-order valence-electron chi connectivity index (χ0n) is 7.74. The van der Waals surface area contributed by atoms with Gasteiger partial charge in [0.25, 0.3) is 0 Å². The molecule has 0 bridgehead atoms. The van der Waals surface area contributed by atoms with Crippen LogP contribution in [0, 0.1) is 19.7 Å². The van der Waals surface area contributed by atoms with E-state index in [0.717, 1.165) is 23.2 Å². The van der Waals surface area contributed by atoms with Gasteiger partial charge in [-0.1, -0.05) is 6.07 Å². The molecular formula is C10H14FN. The molecule has 12 heavy (non-hydrogen) atoms. The molecule has 1 rings (SSSR count).